The molecule has 1 spiro atoms. The molecule has 1 unspecified atom stereocenters. The normalized spacial score (nSPS) is 20.2. The Balaban J connectivity index is 0.00000107. The van der Waals surface area contributed by atoms with Gasteiger partial charge in [-0.05, 0) is 57.9 Å². The zero-order chi connectivity index (χ0) is 18.4. The highest BCUT2D eigenvalue weighted by Crippen LogP contribution is 2.61. The average molecular weight is 395 g/mol. The number of benzene rings is 2. The summed E-state index contributed by atoms with van der Waals surface area (Å²) >= 11 is 0. The molecule has 0 saturated carbocycles. The summed E-state index contributed by atoms with van der Waals surface area (Å²) in [4.78, 5) is 0. The Bertz CT molecular complexity index is 1110. The minimum absolute atomic E-state index is 0. The lowest BCUT2D eigenvalue weighted by Crippen LogP contribution is -2.27. The first kappa shape index (κ1) is 23.2. The van der Waals surface area contributed by atoms with Gasteiger partial charge in [-0.1, -0.05) is 120 Å². The van der Waals surface area contributed by atoms with Crippen LogP contribution in [0.4, 0.5) is 0 Å². The quantitative estimate of drug-likeness (QED) is 0.447. The Labute approximate surface area is 183 Å². The first-order valence-electron chi connectivity index (χ1n) is 9.58. The van der Waals surface area contributed by atoms with E-state index in [9.17, 15) is 0 Å². The van der Waals surface area contributed by atoms with Gasteiger partial charge in [-0.15, -0.1) is 0 Å². The van der Waals surface area contributed by atoms with E-state index in [1.807, 2.05) is 6.08 Å². The highest BCUT2D eigenvalue weighted by atomic mass is 14.5. The van der Waals surface area contributed by atoms with Gasteiger partial charge in [0.2, 0.25) is 0 Å². The highest BCUT2D eigenvalue weighted by molar-refractivity contribution is 5.98. The Morgan fingerprint density at radius 1 is 0.833 bits per heavy atom. The van der Waals surface area contributed by atoms with Crippen LogP contribution < -0.4 is 0 Å². The molecule has 0 aromatic heterocycles. The van der Waals surface area contributed by atoms with E-state index in [-0.39, 0.29) is 27.7 Å². The predicted molar refractivity (Wildman–Crippen MR) is 136 cm³/mol. The molecular formula is C30H34. The van der Waals surface area contributed by atoms with Crippen LogP contribution in [0.25, 0.3) is 11.1 Å². The lowest BCUT2D eigenvalue weighted by atomic mass is 9.68. The third kappa shape index (κ3) is 2.82. The number of hydrogen-bond donors (Lipinski definition) is 0. The van der Waals surface area contributed by atoms with Gasteiger partial charge in [-0.2, -0.15) is 0 Å². The molecule has 154 valence electrons. The summed E-state index contributed by atoms with van der Waals surface area (Å²) in [6.45, 7) is 6.16. The second-order valence-electron chi connectivity index (χ2n) is 7.34. The minimum atomic E-state index is -0.239. The largest absolute Gasteiger partial charge is 0.0991 e. The summed E-state index contributed by atoms with van der Waals surface area (Å²) in [7, 11) is 0. The van der Waals surface area contributed by atoms with Crippen LogP contribution in [0.3, 0.4) is 0 Å². The lowest BCUT2D eigenvalue weighted by molar-refractivity contribution is 0.778. The van der Waals surface area contributed by atoms with Crippen molar-refractivity contribution in [1.29, 1.82) is 0 Å². The average Bonchev–Trinajstić information content (AvgIpc) is 2.97. The van der Waals surface area contributed by atoms with Crippen LogP contribution in [0.2, 0.25) is 0 Å². The van der Waals surface area contributed by atoms with E-state index in [0.717, 1.165) is 6.42 Å². The number of fused-ring (bicyclic) bond motifs is 6. The van der Waals surface area contributed by atoms with Gasteiger partial charge in [0.25, 0.3) is 0 Å². The van der Waals surface area contributed by atoms with Crippen molar-refractivity contribution in [3.05, 3.63) is 131 Å². The van der Waals surface area contributed by atoms with Gasteiger partial charge in [0, 0.05) is 0 Å². The van der Waals surface area contributed by atoms with E-state index < -0.39 is 0 Å². The first-order chi connectivity index (χ1) is 13.3. The van der Waals surface area contributed by atoms with Crippen molar-refractivity contribution in [3.8, 4) is 0 Å². The fraction of sp³-hybridized carbons (Fsp3) is 0.200. The molecule has 0 N–H and O–H groups in total. The second-order valence-corrected chi connectivity index (χ2v) is 7.34. The SMILES string of the molecule is C.C.C.C=C/C=C\C1=C(C)c2ccccc2C12C1=C(C=CCC=C1)c1ccccc12. The highest BCUT2D eigenvalue weighted by Gasteiger charge is 2.51. The van der Waals surface area contributed by atoms with Crippen LogP contribution >= 0.6 is 0 Å². The third-order valence-electron chi connectivity index (χ3n) is 6.10. The third-order valence-corrected chi connectivity index (χ3v) is 6.10. The molecule has 0 heteroatoms. The molecule has 30 heavy (non-hydrogen) atoms. The summed E-state index contributed by atoms with van der Waals surface area (Å²) in [5.41, 5.74) is 10.7. The molecule has 3 aliphatic carbocycles. The van der Waals surface area contributed by atoms with Crippen LogP contribution in [-0.2, 0) is 5.41 Å². The first-order valence-corrected chi connectivity index (χ1v) is 9.58. The van der Waals surface area contributed by atoms with Crippen LogP contribution in [-0.4, -0.2) is 0 Å². The molecule has 3 aliphatic rings. The molecule has 5 rings (SSSR count). The van der Waals surface area contributed by atoms with Gasteiger partial charge < -0.3 is 0 Å². The maximum Gasteiger partial charge on any atom is 0.0722 e. The van der Waals surface area contributed by atoms with E-state index in [1.54, 1.807) is 0 Å². The van der Waals surface area contributed by atoms with Gasteiger partial charge in [0.1, 0.15) is 0 Å². The van der Waals surface area contributed by atoms with Gasteiger partial charge >= 0.3 is 0 Å². The number of rotatable bonds is 2. The van der Waals surface area contributed by atoms with Crippen molar-refractivity contribution in [1.82, 2.24) is 0 Å². The van der Waals surface area contributed by atoms with E-state index in [2.05, 4.69) is 98.5 Å². The van der Waals surface area contributed by atoms with E-state index >= 15 is 0 Å². The maximum atomic E-state index is 3.91. The summed E-state index contributed by atoms with van der Waals surface area (Å²) in [5.74, 6) is 0. The van der Waals surface area contributed by atoms with Gasteiger partial charge in [-0.3, -0.25) is 0 Å². The van der Waals surface area contributed by atoms with Crippen molar-refractivity contribution in [2.24, 2.45) is 0 Å². The van der Waals surface area contributed by atoms with Crippen molar-refractivity contribution < 1.29 is 0 Å². The molecule has 0 heterocycles. The van der Waals surface area contributed by atoms with Crippen LogP contribution in [0.1, 0.15) is 57.9 Å². The van der Waals surface area contributed by atoms with Crippen molar-refractivity contribution in [3.63, 3.8) is 0 Å². The molecule has 0 nitrogen and oxygen atoms in total. The standard InChI is InChI=1S/C27H22.3CH4/c1-3-4-15-23-19(2)20-12-8-10-17-24(20)27(23)25-16-7-5-6-13-21(25)22-14-9-11-18-26(22)27;;;/h3-4,6-18H,1,5H2,2H3;3*1H4/b15-4-;;;. The summed E-state index contributed by atoms with van der Waals surface area (Å²) in [6, 6.07) is 17.8. The van der Waals surface area contributed by atoms with Crippen LogP contribution in [0.15, 0.2) is 109 Å². The van der Waals surface area contributed by atoms with E-state index in [1.165, 1.54) is 44.5 Å². The maximum absolute atomic E-state index is 3.91. The lowest BCUT2D eigenvalue weighted by Gasteiger charge is -2.32. The van der Waals surface area contributed by atoms with Crippen LogP contribution in [0.5, 0.6) is 0 Å². The Morgan fingerprint density at radius 2 is 1.43 bits per heavy atom. The van der Waals surface area contributed by atoms with E-state index in [0.29, 0.717) is 0 Å². The Hall–Kier alpha value is -3.12. The zero-order valence-electron chi connectivity index (χ0n) is 15.6. The molecule has 0 saturated heterocycles. The number of allylic oxidation sites excluding steroid dienone is 11. The smallest absolute Gasteiger partial charge is 0.0722 e. The molecular weight excluding hydrogens is 360 g/mol. The summed E-state index contributed by atoms with van der Waals surface area (Å²) in [6.07, 6.45) is 16.4. The fourth-order valence-corrected chi connectivity index (χ4v) is 5.09. The monoisotopic (exact) mass is 394 g/mol. The zero-order valence-corrected chi connectivity index (χ0v) is 15.6. The topological polar surface area (TPSA) is 0 Å². The fourth-order valence-electron chi connectivity index (χ4n) is 5.09. The summed E-state index contributed by atoms with van der Waals surface area (Å²) in [5, 5.41) is 0. The molecule has 2 aromatic carbocycles. The van der Waals surface area contributed by atoms with Gasteiger partial charge in [0.05, 0.1) is 5.41 Å². The molecule has 0 aliphatic heterocycles. The Kier molecular flexibility index (Phi) is 6.73. The molecule has 0 fully saturated rings. The molecule has 2 aromatic rings. The van der Waals surface area contributed by atoms with Crippen molar-refractivity contribution in [2.45, 2.75) is 41.0 Å². The van der Waals surface area contributed by atoms with Crippen LogP contribution in [0, 0.1) is 0 Å². The molecule has 0 bridgehead atoms. The number of hydrogen-bond acceptors (Lipinski definition) is 0. The summed E-state index contributed by atoms with van der Waals surface area (Å²) < 4.78 is 0. The Morgan fingerprint density at radius 3 is 2.13 bits per heavy atom. The molecule has 0 amide bonds. The second kappa shape index (κ2) is 8.71. The molecule has 0 radical (unpaired) electrons. The van der Waals surface area contributed by atoms with Crippen molar-refractivity contribution >= 4 is 11.1 Å². The minimum Gasteiger partial charge on any atom is -0.0991 e. The molecule has 1 atom stereocenters. The van der Waals surface area contributed by atoms with Gasteiger partial charge in [0.15, 0.2) is 0 Å². The predicted octanol–water partition coefficient (Wildman–Crippen LogP) is 8.69. The van der Waals surface area contributed by atoms with E-state index in [4.69, 9.17) is 0 Å². The van der Waals surface area contributed by atoms with Gasteiger partial charge in [-0.25, -0.2) is 0 Å². The van der Waals surface area contributed by atoms with Crippen molar-refractivity contribution in [2.75, 3.05) is 0 Å².